The lowest BCUT2D eigenvalue weighted by atomic mass is 10.1. The first kappa shape index (κ1) is 18.6. The van der Waals surface area contributed by atoms with Crippen LogP contribution < -0.4 is 0 Å². The normalized spacial score (nSPS) is 25.7. The van der Waals surface area contributed by atoms with Gasteiger partial charge in [-0.2, -0.15) is 0 Å². The van der Waals surface area contributed by atoms with Gasteiger partial charge in [-0.1, -0.05) is 30.3 Å². The summed E-state index contributed by atoms with van der Waals surface area (Å²) in [6.45, 7) is 4.18. The second-order valence-corrected chi connectivity index (χ2v) is 6.86. The van der Waals surface area contributed by atoms with Crippen LogP contribution in [0, 0.1) is 0 Å². The van der Waals surface area contributed by atoms with E-state index in [1.807, 2.05) is 30.3 Å². The zero-order valence-corrected chi connectivity index (χ0v) is 15.1. The van der Waals surface area contributed by atoms with Gasteiger partial charge in [0.15, 0.2) is 16.1 Å². The van der Waals surface area contributed by atoms with Gasteiger partial charge in [0.1, 0.15) is 12.2 Å². The van der Waals surface area contributed by atoms with E-state index in [2.05, 4.69) is 0 Å². The first-order valence-electron chi connectivity index (χ1n) is 7.27. The van der Waals surface area contributed by atoms with Crippen LogP contribution in [0.3, 0.4) is 0 Å². The molecule has 0 N–H and O–H groups in total. The lowest BCUT2D eigenvalue weighted by Gasteiger charge is -2.25. The van der Waals surface area contributed by atoms with Gasteiger partial charge in [-0.05, 0) is 42.0 Å². The topological polar surface area (TPSA) is 54.0 Å². The third kappa shape index (κ3) is 5.37. The minimum absolute atomic E-state index is 0.0948. The molecule has 7 heteroatoms. The van der Waals surface area contributed by atoms with Crippen LogP contribution in [-0.2, 0) is 30.3 Å². The fourth-order valence-electron chi connectivity index (χ4n) is 2.45. The summed E-state index contributed by atoms with van der Waals surface area (Å²) in [5.74, 6) is -0.936. The largest absolute Gasteiger partial charge is 0.459 e. The Bertz CT molecular complexity index is 497. The Hall–Kier alpha value is -0.770. The number of halogens is 2. The number of rotatable bonds is 8. The van der Waals surface area contributed by atoms with Crippen LogP contribution >= 0.6 is 22.6 Å². The molecule has 1 aliphatic rings. The number of alkyl halides is 2. The summed E-state index contributed by atoms with van der Waals surface area (Å²) in [5, 5.41) is 0. The number of hydrogen-bond donors (Lipinski definition) is 0. The molecule has 1 unspecified atom stereocenters. The van der Waals surface area contributed by atoms with Crippen LogP contribution in [-0.4, -0.2) is 41.4 Å². The Morgan fingerprint density at radius 2 is 1.96 bits per heavy atom. The smallest absolute Gasteiger partial charge is 0.293 e. The highest BCUT2D eigenvalue weighted by Gasteiger charge is 2.49. The van der Waals surface area contributed by atoms with E-state index in [9.17, 15) is 9.18 Å². The summed E-state index contributed by atoms with van der Waals surface area (Å²) < 4.78 is 34.4. The van der Waals surface area contributed by atoms with Crippen molar-refractivity contribution in [1.82, 2.24) is 0 Å². The van der Waals surface area contributed by atoms with Gasteiger partial charge in [-0.15, -0.1) is 0 Å². The highest BCUT2D eigenvalue weighted by Crippen LogP contribution is 2.35. The van der Waals surface area contributed by atoms with Crippen molar-refractivity contribution in [3.63, 3.8) is 0 Å². The van der Waals surface area contributed by atoms with Crippen molar-refractivity contribution in [3.8, 4) is 0 Å². The highest BCUT2D eigenvalue weighted by atomic mass is 127. The molecule has 0 radical (unpaired) electrons. The van der Waals surface area contributed by atoms with Crippen LogP contribution in [0.15, 0.2) is 30.3 Å². The summed E-state index contributed by atoms with van der Waals surface area (Å²) in [5.41, 5.74) is 0.995. The molecule has 23 heavy (non-hydrogen) atoms. The minimum atomic E-state index is -1.29. The SMILES string of the molecule is CC1(C)O[C@@H]([C@@H](COCc2ccccc2)OC=O)[C@@H](C(F)I)O1. The predicted octanol–water partition coefficient (Wildman–Crippen LogP) is 3.00. The third-order valence-corrected chi connectivity index (χ3v) is 4.11. The maximum atomic E-state index is 13.8. The zero-order chi connectivity index (χ0) is 16.9. The van der Waals surface area contributed by atoms with Gasteiger partial charge >= 0.3 is 0 Å². The Morgan fingerprint density at radius 1 is 1.30 bits per heavy atom. The molecule has 2 rings (SSSR count). The van der Waals surface area contributed by atoms with Gasteiger partial charge in [0.2, 0.25) is 0 Å². The Labute approximate surface area is 148 Å². The van der Waals surface area contributed by atoms with E-state index in [4.69, 9.17) is 18.9 Å². The number of carbonyl (C=O) groups excluding carboxylic acids is 1. The van der Waals surface area contributed by atoms with Gasteiger partial charge in [-0.25, -0.2) is 4.39 Å². The quantitative estimate of drug-likeness (QED) is 0.355. The second-order valence-electron chi connectivity index (χ2n) is 5.67. The Kier molecular flexibility index (Phi) is 6.75. The molecule has 0 saturated carbocycles. The molecule has 0 spiro atoms. The van der Waals surface area contributed by atoms with Crippen LogP contribution in [0.4, 0.5) is 4.39 Å². The molecular formula is C16H20FIO5. The molecule has 0 bridgehead atoms. The zero-order valence-electron chi connectivity index (χ0n) is 13.0. The van der Waals surface area contributed by atoms with Crippen molar-refractivity contribution < 1.29 is 28.1 Å². The van der Waals surface area contributed by atoms with Crippen molar-refractivity contribution in [2.45, 2.75) is 48.7 Å². The van der Waals surface area contributed by atoms with E-state index in [0.29, 0.717) is 13.1 Å². The van der Waals surface area contributed by atoms with E-state index in [1.54, 1.807) is 36.4 Å². The summed E-state index contributed by atoms with van der Waals surface area (Å²) in [4.78, 5) is 10.8. The van der Waals surface area contributed by atoms with Crippen LogP contribution in [0.5, 0.6) is 0 Å². The molecule has 1 heterocycles. The molecule has 4 atom stereocenters. The molecule has 128 valence electrons. The highest BCUT2D eigenvalue weighted by molar-refractivity contribution is 14.1. The standard InChI is InChI=1S/C16H20FIO5/c1-16(2)22-13(14(23-16)15(17)18)12(21-10-19)9-20-8-11-6-4-3-5-7-11/h3-7,10,12-15H,8-9H2,1-2H3/t12-,13+,14+,15?/m1/s1. The van der Waals surface area contributed by atoms with Crippen LogP contribution in [0.2, 0.25) is 0 Å². The van der Waals surface area contributed by atoms with E-state index in [0.717, 1.165) is 5.56 Å². The molecular weight excluding hydrogens is 418 g/mol. The van der Waals surface area contributed by atoms with E-state index >= 15 is 0 Å². The third-order valence-electron chi connectivity index (χ3n) is 3.40. The summed E-state index contributed by atoms with van der Waals surface area (Å²) in [6, 6.07) is 9.60. The molecule has 0 amide bonds. The average molecular weight is 438 g/mol. The molecule has 1 saturated heterocycles. The molecule has 1 fully saturated rings. The van der Waals surface area contributed by atoms with E-state index < -0.39 is 28.3 Å². The molecule has 5 nitrogen and oxygen atoms in total. The van der Waals surface area contributed by atoms with Crippen molar-refractivity contribution in [2.75, 3.05) is 6.61 Å². The van der Waals surface area contributed by atoms with Crippen molar-refractivity contribution in [1.29, 1.82) is 0 Å². The van der Waals surface area contributed by atoms with E-state index in [-0.39, 0.29) is 6.61 Å². The Morgan fingerprint density at radius 3 is 2.57 bits per heavy atom. The van der Waals surface area contributed by atoms with Gasteiger partial charge in [0.05, 0.1) is 13.2 Å². The van der Waals surface area contributed by atoms with Gasteiger partial charge < -0.3 is 18.9 Å². The maximum Gasteiger partial charge on any atom is 0.293 e. The van der Waals surface area contributed by atoms with Crippen molar-refractivity contribution in [3.05, 3.63) is 35.9 Å². The fraction of sp³-hybridized carbons (Fsp3) is 0.562. The first-order chi connectivity index (χ1) is 10.9. The Balaban J connectivity index is 1.97. The van der Waals surface area contributed by atoms with Crippen LogP contribution in [0.25, 0.3) is 0 Å². The summed E-state index contributed by atoms with van der Waals surface area (Å²) in [6.07, 6.45) is -2.29. The first-order valence-corrected chi connectivity index (χ1v) is 8.52. The lowest BCUT2D eigenvalue weighted by Crippen LogP contribution is -2.42. The van der Waals surface area contributed by atoms with E-state index in [1.165, 1.54) is 0 Å². The number of hydrogen-bond acceptors (Lipinski definition) is 5. The number of benzene rings is 1. The van der Waals surface area contributed by atoms with Crippen molar-refractivity contribution >= 4 is 29.1 Å². The molecule has 1 aromatic carbocycles. The molecule has 0 aromatic heterocycles. The number of carbonyl (C=O) groups is 1. The maximum absolute atomic E-state index is 13.8. The van der Waals surface area contributed by atoms with Gasteiger partial charge in [-0.3, -0.25) is 4.79 Å². The fourth-order valence-corrected chi connectivity index (χ4v) is 3.01. The summed E-state index contributed by atoms with van der Waals surface area (Å²) in [7, 11) is 0. The molecule has 1 aromatic rings. The average Bonchev–Trinajstić information content (AvgIpc) is 2.83. The lowest BCUT2D eigenvalue weighted by molar-refractivity contribution is -0.169. The predicted molar refractivity (Wildman–Crippen MR) is 89.8 cm³/mol. The molecule has 0 aliphatic carbocycles. The van der Waals surface area contributed by atoms with Gasteiger partial charge in [0, 0.05) is 0 Å². The monoisotopic (exact) mass is 438 g/mol. The number of ether oxygens (including phenoxy) is 4. The van der Waals surface area contributed by atoms with Gasteiger partial charge in [0.25, 0.3) is 6.47 Å². The molecule has 1 aliphatic heterocycles. The van der Waals surface area contributed by atoms with Crippen molar-refractivity contribution in [2.24, 2.45) is 0 Å². The minimum Gasteiger partial charge on any atom is -0.459 e. The summed E-state index contributed by atoms with van der Waals surface area (Å²) >= 11 is 1.63. The second kappa shape index (κ2) is 8.36. The van der Waals surface area contributed by atoms with Crippen LogP contribution in [0.1, 0.15) is 19.4 Å².